The fourth-order valence-corrected chi connectivity index (χ4v) is 1.60. The first-order valence-corrected chi connectivity index (χ1v) is 5.97. The Morgan fingerprint density at radius 1 is 1.11 bits per heavy atom. The second kappa shape index (κ2) is 5.48. The molecule has 0 aliphatic rings. The molecule has 0 saturated carbocycles. The normalized spacial score (nSPS) is 10.4. The van der Waals surface area contributed by atoms with Crippen LogP contribution in [0, 0.1) is 17.5 Å². The third-order valence-electron chi connectivity index (χ3n) is 2.24. The summed E-state index contributed by atoms with van der Waals surface area (Å²) in [6.07, 6.45) is 0. The number of hydrogen-bond acceptors (Lipinski definition) is 3. The Bertz CT molecular complexity index is 622. The molecule has 0 bridgehead atoms. The second-order valence-corrected chi connectivity index (χ2v) is 4.39. The van der Waals surface area contributed by atoms with Crippen molar-refractivity contribution in [3.63, 3.8) is 0 Å². The molecule has 0 unspecified atom stereocenters. The highest BCUT2D eigenvalue weighted by Gasteiger charge is 2.13. The molecule has 2 rings (SSSR count). The molecule has 1 heterocycles. The van der Waals surface area contributed by atoms with Gasteiger partial charge in [0, 0.05) is 19.2 Å². The van der Waals surface area contributed by atoms with Crippen LogP contribution in [0.25, 0.3) is 0 Å². The van der Waals surface area contributed by atoms with Crippen molar-refractivity contribution in [3.8, 4) is 11.6 Å². The molecule has 1 aromatic carbocycles. The Balaban J connectivity index is 2.34. The molecule has 19 heavy (non-hydrogen) atoms. The summed E-state index contributed by atoms with van der Waals surface area (Å²) in [6.45, 7) is 0. The summed E-state index contributed by atoms with van der Waals surface area (Å²) >= 11 is 2.98. The molecule has 0 atom stereocenters. The number of pyridine rings is 1. The van der Waals surface area contributed by atoms with E-state index < -0.39 is 23.3 Å². The molecular weight excluding hydrogens is 325 g/mol. The van der Waals surface area contributed by atoms with Crippen LogP contribution in [0.4, 0.5) is 19.0 Å². The van der Waals surface area contributed by atoms with E-state index in [1.54, 1.807) is 0 Å². The van der Waals surface area contributed by atoms with Gasteiger partial charge in [0.25, 0.3) is 5.88 Å². The zero-order valence-corrected chi connectivity index (χ0v) is 11.3. The number of nitrogens with one attached hydrogen (secondary N) is 1. The standard InChI is InChI=1S/C12H8BrF3N2O/c1-17-11-9(15)5-10(16)12(18-11)19-6-2-3-7(13)8(14)4-6/h2-5H,1H3,(H,17,18). The van der Waals surface area contributed by atoms with E-state index in [0.717, 1.165) is 6.07 Å². The summed E-state index contributed by atoms with van der Waals surface area (Å²) in [5, 5.41) is 2.45. The third kappa shape index (κ3) is 2.98. The fourth-order valence-electron chi connectivity index (χ4n) is 1.35. The van der Waals surface area contributed by atoms with Gasteiger partial charge in [0.2, 0.25) is 0 Å². The summed E-state index contributed by atoms with van der Waals surface area (Å²) in [5.74, 6) is -2.91. The summed E-state index contributed by atoms with van der Waals surface area (Å²) in [7, 11) is 1.44. The van der Waals surface area contributed by atoms with Gasteiger partial charge in [0.05, 0.1) is 4.47 Å². The van der Waals surface area contributed by atoms with Crippen molar-refractivity contribution >= 4 is 21.7 Å². The van der Waals surface area contributed by atoms with E-state index >= 15 is 0 Å². The van der Waals surface area contributed by atoms with Crippen LogP contribution in [0.5, 0.6) is 11.6 Å². The number of halogens is 4. The first-order valence-electron chi connectivity index (χ1n) is 5.18. The first-order chi connectivity index (χ1) is 9.01. The number of benzene rings is 1. The molecule has 0 aliphatic heterocycles. The summed E-state index contributed by atoms with van der Waals surface area (Å²) in [5.41, 5.74) is 0. The van der Waals surface area contributed by atoms with Gasteiger partial charge in [0.1, 0.15) is 11.6 Å². The van der Waals surface area contributed by atoms with Crippen LogP contribution in [0.1, 0.15) is 0 Å². The quantitative estimate of drug-likeness (QED) is 0.918. The van der Waals surface area contributed by atoms with Crippen LogP contribution in [-0.4, -0.2) is 12.0 Å². The van der Waals surface area contributed by atoms with Gasteiger partial charge in [-0.25, -0.2) is 13.2 Å². The van der Waals surface area contributed by atoms with Crippen molar-refractivity contribution < 1.29 is 17.9 Å². The number of hydrogen-bond donors (Lipinski definition) is 1. The molecule has 7 heteroatoms. The number of anilines is 1. The Morgan fingerprint density at radius 3 is 2.47 bits per heavy atom. The molecule has 0 amide bonds. The molecule has 0 spiro atoms. The van der Waals surface area contributed by atoms with Gasteiger partial charge in [-0.3, -0.25) is 0 Å². The van der Waals surface area contributed by atoms with E-state index in [-0.39, 0.29) is 16.0 Å². The fraction of sp³-hybridized carbons (Fsp3) is 0.0833. The van der Waals surface area contributed by atoms with E-state index in [9.17, 15) is 13.2 Å². The van der Waals surface area contributed by atoms with E-state index in [4.69, 9.17) is 4.74 Å². The molecule has 0 radical (unpaired) electrons. The van der Waals surface area contributed by atoms with Crippen LogP contribution < -0.4 is 10.1 Å². The summed E-state index contributed by atoms with van der Waals surface area (Å²) in [4.78, 5) is 3.62. The Labute approximate surface area is 115 Å². The highest BCUT2D eigenvalue weighted by atomic mass is 79.9. The number of rotatable bonds is 3. The minimum atomic E-state index is -0.972. The largest absolute Gasteiger partial charge is 0.436 e. The van der Waals surface area contributed by atoms with E-state index in [1.165, 1.54) is 19.2 Å². The van der Waals surface area contributed by atoms with E-state index in [1.807, 2.05) is 0 Å². The summed E-state index contributed by atoms with van der Waals surface area (Å²) < 4.78 is 45.3. The lowest BCUT2D eigenvalue weighted by Gasteiger charge is -2.08. The van der Waals surface area contributed by atoms with Crippen molar-refractivity contribution in [2.24, 2.45) is 0 Å². The van der Waals surface area contributed by atoms with Gasteiger partial charge in [0.15, 0.2) is 17.5 Å². The lowest BCUT2D eigenvalue weighted by atomic mass is 10.3. The monoisotopic (exact) mass is 332 g/mol. The molecule has 100 valence electrons. The highest BCUT2D eigenvalue weighted by molar-refractivity contribution is 9.10. The van der Waals surface area contributed by atoms with Crippen LogP contribution in [0.2, 0.25) is 0 Å². The topological polar surface area (TPSA) is 34.2 Å². The van der Waals surface area contributed by atoms with E-state index in [0.29, 0.717) is 6.07 Å². The maximum Gasteiger partial charge on any atom is 0.258 e. The minimum Gasteiger partial charge on any atom is -0.436 e. The minimum absolute atomic E-state index is 0.0563. The van der Waals surface area contributed by atoms with Crippen molar-refractivity contribution in [2.45, 2.75) is 0 Å². The molecule has 2 aromatic rings. The molecule has 1 N–H and O–H groups in total. The zero-order chi connectivity index (χ0) is 14.0. The Kier molecular flexibility index (Phi) is 3.94. The summed E-state index contributed by atoms with van der Waals surface area (Å²) in [6, 6.07) is 4.54. The van der Waals surface area contributed by atoms with Crippen molar-refractivity contribution in [1.82, 2.24) is 4.98 Å². The number of aromatic nitrogens is 1. The van der Waals surface area contributed by atoms with Crippen LogP contribution in [0.15, 0.2) is 28.7 Å². The van der Waals surface area contributed by atoms with Gasteiger partial charge >= 0.3 is 0 Å². The van der Waals surface area contributed by atoms with Crippen molar-refractivity contribution in [3.05, 3.63) is 46.2 Å². The van der Waals surface area contributed by atoms with Gasteiger partial charge < -0.3 is 10.1 Å². The molecular formula is C12H8BrF3N2O. The number of nitrogens with zero attached hydrogens (tertiary/aromatic N) is 1. The smallest absolute Gasteiger partial charge is 0.258 e. The predicted molar refractivity (Wildman–Crippen MR) is 67.9 cm³/mol. The second-order valence-electron chi connectivity index (χ2n) is 3.53. The maximum absolute atomic E-state index is 13.5. The molecule has 1 aromatic heterocycles. The highest BCUT2D eigenvalue weighted by Crippen LogP contribution is 2.28. The zero-order valence-electron chi connectivity index (χ0n) is 9.68. The molecule has 0 fully saturated rings. The van der Waals surface area contributed by atoms with Crippen LogP contribution in [-0.2, 0) is 0 Å². The van der Waals surface area contributed by atoms with Gasteiger partial charge in [-0.1, -0.05) is 0 Å². The van der Waals surface area contributed by atoms with Crippen LogP contribution in [0.3, 0.4) is 0 Å². The average molecular weight is 333 g/mol. The molecule has 3 nitrogen and oxygen atoms in total. The van der Waals surface area contributed by atoms with Crippen molar-refractivity contribution in [1.29, 1.82) is 0 Å². The number of ether oxygens (including phenoxy) is 1. The lowest BCUT2D eigenvalue weighted by molar-refractivity contribution is 0.415. The Morgan fingerprint density at radius 2 is 1.84 bits per heavy atom. The van der Waals surface area contributed by atoms with Gasteiger partial charge in [-0.05, 0) is 28.1 Å². The average Bonchev–Trinajstić information content (AvgIpc) is 2.37. The lowest BCUT2D eigenvalue weighted by Crippen LogP contribution is -2.01. The Hall–Kier alpha value is -1.76. The van der Waals surface area contributed by atoms with Gasteiger partial charge in [-0.15, -0.1) is 0 Å². The van der Waals surface area contributed by atoms with E-state index in [2.05, 4.69) is 26.2 Å². The SMILES string of the molecule is CNc1nc(Oc2ccc(Br)c(F)c2)c(F)cc1F. The van der Waals surface area contributed by atoms with Crippen molar-refractivity contribution in [2.75, 3.05) is 12.4 Å². The predicted octanol–water partition coefficient (Wildman–Crippen LogP) is 4.10. The third-order valence-corrected chi connectivity index (χ3v) is 2.88. The molecule has 0 aliphatic carbocycles. The maximum atomic E-state index is 13.5. The first kappa shape index (κ1) is 13.7. The van der Waals surface area contributed by atoms with Crippen LogP contribution >= 0.6 is 15.9 Å². The molecule has 0 saturated heterocycles. The van der Waals surface area contributed by atoms with Gasteiger partial charge in [-0.2, -0.15) is 4.98 Å².